The van der Waals surface area contributed by atoms with Gasteiger partial charge in [-0.2, -0.15) is 0 Å². The Morgan fingerprint density at radius 2 is 1.17 bits per heavy atom. The molecule has 102 valence electrons. The number of carboxylic acid groups (broad SMARTS) is 3. The molecule has 0 radical (unpaired) electrons. The van der Waals surface area contributed by atoms with E-state index in [9.17, 15) is 29.7 Å². The molecule has 1 aromatic carbocycles. The van der Waals surface area contributed by atoms with Crippen LogP contribution in [-0.2, 0) is 0 Å². The van der Waals surface area contributed by atoms with E-state index in [0.29, 0.717) is 6.07 Å². The number of rotatable bonds is 3. The van der Waals surface area contributed by atoms with Gasteiger partial charge in [0.15, 0.2) is 0 Å². The third kappa shape index (κ3) is 4.17. The van der Waals surface area contributed by atoms with E-state index >= 15 is 0 Å². The van der Waals surface area contributed by atoms with Gasteiger partial charge in [-0.1, -0.05) is 12.1 Å². The van der Waals surface area contributed by atoms with E-state index in [-0.39, 0.29) is 18.5 Å². The number of carbonyl (C=O) groups excluding carboxylic acids is 3. The minimum Gasteiger partial charge on any atom is -0.545 e. The molecule has 0 fully saturated rings. The lowest BCUT2D eigenvalue weighted by Gasteiger charge is -2.13. The topological polar surface area (TPSA) is 230 Å². The normalized spacial score (nSPS) is 8.00. The highest BCUT2D eigenvalue weighted by Crippen LogP contribution is 2.10. The zero-order valence-corrected chi connectivity index (χ0v) is 10.2. The third-order valence-corrected chi connectivity index (χ3v) is 1.70. The van der Waals surface area contributed by atoms with Crippen LogP contribution in [0.3, 0.4) is 0 Å². The summed E-state index contributed by atoms with van der Waals surface area (Å²) in [5.74, 6) is -5.13. The molecule has 0 amide bonds. The lowest BCUT2D eigenvalue weighted by atomic mass is 10.0. The van der Waals surface area contributed by atoms with E-state index in [4.69, 9.17) is 0 Å². The Morgan fingerprint density at radius 1 is 0.722 bits per heavy atom. The Labute approximate surface area is 102 Å². The van der Waals surface area contributed by atoms with Crippen LogP contribution in [0.15, 0.2) is 18.2 Å². The maximum Gasteiger partial charge on any atom is 0.0722 e. The predicted octanol–water partition coefficient (Wildman–Crippen LogP) is -2.09. The molecule has 0 aromatic heterocycles. The summed E-state index contributed by atoms with van der Waals surface area (Å²) in [7, 11) is 0. The summed E-state index contributed by atoms with van der Waals surface area (Å²) in [6.07, 6.45) is 0. The molecule has 0 unspecified atom stereocenters. The first-order valence-corrected chi connectivity index (χ1v) is 3.71. The van der Waals surface area contributed by atoms with Crippen LogP contribution in [0.2, 0.25) is 0 Å². The van der Waals surface area contributed by atoms with Crippen LogP contribution < -0.4 is 33.8 Å². The Hall–Kier alpha value is -2.49. The molecule has 1 aromatic rings. The fraction of sp³-hybridized carbons (Fsp3) is 0. The number of hydrogen-bond donors (Lipinski definition) is 3. The van der Waals surface area contributed by atoms with Crippen LogP contribution in [0.1, 0.15) is 31.1 Å². The van der Waals surface area contributed by atoms with Crippen molar-refractivity contribution in [2.24, 2.45) is 0 Å². The molecule has 0 aliphatic rings. The predicted molar refractivity (Wildman–Crippen MR) is 57.4 cm³/mol. The van der Waals surface area contributed by atoms with Crippen molar-refractivity contribution in [2.75, 3.05) is 0 Å². The Kier molecular flexibility index (Phi) is 8.96. The zero-order chi connectivity index (χ0) is 11.6. The van der Waals surface area contributed by atoms with Crippen molar-refractivity contribution >= 4 is 17.9 Å². The summed E-state index contributed by atoms with van der Waals surface area (Å²) in [5, 5.41) is 31.3. The van der Waals surface area contributed by atoms with E-state index in [2.05, 4.69) is 0 Å². The largest absolute Gasteiger partial charge is 0.545 e. The van der Waals surface area contributed by atoms with E-state index in [1.807, 2.05) is 0 Å². The summed E-state index contributed by atoms with van der Waals surface area (Å²) in [5.41, 5.74) is -1.84. The Morgan fingerprint density at radius 3 is 1.50 bits per heavy atom. The van der Waals surface area contributed by atoms with Gasteiger partial charge in [0, 0.05) is 11.1 Å². The van der Waals surface area contributed by atoms with Gasteiger partial charge in [-0.05, 0) is 11.6 Å². The molecular formula is C9H15N3O6. The zero-order valence-electron chi connectivity index (χ0n) is 10.2. The number of carboxylic acids is 3. The first kappa shape index (κ1) is 20.9. The monoisotopic (exact) mass is 261 g/mol. The Bertz CT molecular complexity index is 460. The van der Waals surface area contributed by atoms with Crippen molar-refractivity contribution in [2.45, 2.75) is 0 Å². The molecule has 0 aliphatic carbocycles. The van der Waals surface area contributed by atoms with Gasteiger partial charge in [-0.15, -0.1) is 0 Å². The van der Waals surface area contributed by atoms with Gasteiger partial charge in [0.2, 0.25) is 0 Å². The van der Waals surface area contributed by atoms with Crippen LogP contribution in [-0.4, -0.2) is 17.9 Å². The molecule has 0 bridgehead atoms. The highest BCUT2D eigenvalue weighted by atomic mass is 16.4. The van der Waals surface area contributed by atoms with Crippen molar-refractivity contribution in [3.8, 4) is 0 Å². The van der Waals surface area contributed by atoms with E-state index in [0.717, 1.165) is 12.1 Å². The summed E-state index contributed by atoms with van der Waals surface area (Å²) in [6.45, 7) is 0. The smallest absolute Gasteiger partial charge is 0.0722 e. The van der Waals surface area contributed by atoms with Crippen molar-refractivity contribution in [3.05, 3.63) is 34.9 Å². The minimum atomic E-state index is -1.79. The second-order valence-corrected chi connectivity index (χ2v) is 2.62. The van der Waals surface area contributed by atoms with E-state index in [1.165, 1.54) is 0 Å². The molecular weight excluding hydrogens is 246 g/mol. The molecule has 0 heterocycles. The van der Waals surface area contributed by atoms with E-state index < -0.39 is 34.6 Å². The number of aromatic carboxylic acids is 3. The van der Waals surface area contributed by atoms with Gasteiger partial charge in [0.1, 0.15) is 0 Å². The molecule has 12 N–H and O–H groups in total. The second kappa shape index (κ2) is 7.73. The minimum absolute atomic E-state index is 0. The van der Waals surface area contributed by atoms with Gasteiger partial charge in [-0.25, -0.2) is 0 Å². The molecule has 18 heavy (non-hydrogen) atoms. The number of carbonyl (C=O) groups is 3. The van der Waals surface area contributed by atoms with Gasteiger partial charge >= 0.3 is 0 Å². The molecule has 0 atom stereocenters. The van der Waals surface area contributed by atoms with Crippen LogP contribution >= 0.6 is 0 Å². The lowest BCUT2D eigenvalue weighted by molar-refractivity contribution is -0.259. The lowest BCUT2D eigenvalue weighted by Crippen LogP contribution is -2.31. The second-order valence-electron chi connectivity index (χ2n) is 2.62. The van der Waals surface area contributed by atoms with Crippen molar-refractivity contribution < 1.29 is 29.7 Å². The summed E-state index contributed by atoms with van der Waals surface area (Å²) < 4.78 is 0. The maximum absolute atomic E-state index is 10.5. The summed E-state index contributed by atoms with van der Waals surface area (Å²) in [4.78, 5) is 31.3. The summed E-state index contributed by atoms with van der Waals surface area (Å²) >= 11 is 0. The van der Waals surface area contributed by atoms with Crippen molar-refractivity contribution in [1.82, 2.24) is 18.5 Å². The van der Waals surface area contributed by atoms with Crippen molar-refractivity contribution in [3.63, 3.8) is 0 Å². The van der Waals surface area contributed by atoms with E-state index in [1.54, 1.807) is 0 Å². The number of quaternary nitrogens is 3. The van der Waals surface area contributed by atoms with Crippen LogP contribution in [0.25, 0.3) is 0 Å². The third-order valence-electron chi connectivity index (χ3n) is 1.70. The average Bonchev–Trinajstić information content (AvgIpc) is 2.16. The maximum atomic E-state index is 10.5. The number of hydrogen-bond acceptors (Lipinski definition) is 6. The fourth-order valence-corrected chi connectivity index (χ4v) is 1.02. The molecule has 0 saturated heterocycles. The van der Waals surface area contributed by atoms with Crippen LogP contribution in [0, 0.1) is 0 Å². The average molecular weight is 261 g/mol. The number of benzene rings is 1. The quantitative estimate of drug-likeness (QED) is 0.550. The molecule has 9 heteroatoms. The van der Waals surface area contributed by atoms with Crippen LogP contribution in [0.5, 0.6) is 0 Å². The molecule has 0 spiro atoms. The van der Waals surface area contributed by atoms with Crippen molar-refractivity contribution in [1.29, 1.82) is 0 Å². The van der Waals surface area contributed by atoms with Crippen LogP contribution in [0.4, 0.5) is 0 Å². The standard InChI is InChI=1S/C9H6O6.3H3N/c10-7(11)4-1-2-5(8(12)13)6(3-4)9(14)15;;;/h1-3H,(H,10,11)(H,12,13)(H,14,15);3*1H3. The van der Waals surface area contributed by atoms with Gasteiger partial charge in [-0.3, -0.25) is 0 Å². The molecule has 1 rings (SSSR count). The Balaban J connectivity index is -0.000000750. The highest BCUT2D eigenvalue weighted by Gasteiger charge is 2.06. The summed E-state index contributed by atoms with van der Waals surface area (Å²) in [6, 6.07) is 2.37. The molecule has 0 aliphatic heterocycles. The first-order chi connectivity index (χ1) is 6.93. The molecule has 0 saturated carbocycles. The first-order valence-electron chi connectivity index (χ1n) is 3.71. The molecule has 9 nitrogen and oxygen atoms in total. The SMILES string of the molecule is O=C([O-])c1ccc(C(=O)[O-])c(C(=O)[O-])c1.[NH4+].[NH4+].[NH4+]. The van der Waals surface area contributed by atoms with Gasteiger partial charge in [0.05, 0.1) is 17.9 Å². The fourth-order valence-electron chi connectivity index (χ4n) is 1.02. The van der Waals surface area contributed by atoms with Gasteiger partial charge in [0.25, 0.3) is 0 Å². The van der Waals surface area contributed by atoms with Gasteiger partial charge < -0.3 is 48.2 Å². The highest BCUT2D eigenvalue weighted by molar-refractivity contribution is 6.02.